The van der Waals surface area contributed by atoms with Crippen LogP contribution in [-0.2, 0) is 16.8 Å². The van der Waals surface area contributed by atoms with Gasteiger partial charge in [0, 0.05) is 19.0 Å². The highest BCUT2D eigenvalue weighted by Gasteiger charge is 2.35. The molecule has 33 heavy (non-hydrogen) atoms. The van der Waals surface area contributed by atoms with Crippen LogP contribution in [-0.4, -0.2) is 34.8 Å². The summed E-state index contributed by atoms with van der Waals surface area (Å²) in [7, 11) is 0. The fraction of sp³-hybridized carbons (Fsp3) is 0.519. The molecule has 1 aliphatic carbocycles. The zero-order chi connectivity index (χ0) is 24.0. The third kappa shape index (κ3) is 6.55. The van der Waals surface area contributed by atoms with Crippen molar-refractivity contribution in [1.29, 1.82) is 0 Å². The number of phenolic OH excluding ortho intramolecular Hbond substituents is 1. The van der Waals surface area contributed by atoms with Gasteiger partial charge in [-0.25, -0.2) is 4.39 Å². The first-order chi connectivity index (χ1) is 15.7. The van der Waals surface area contributed by atoms with Gasteiger partial charge in [0.2, 0.25) is 5.91 Å². The van der Waals surface area contributed by atoms with Crippen LogP contribution in [0.4, 0.5) is 4.39 Å². The minimum atomic E-state index is -0.863. The Hall–Kier alpha value is -2.44. The highest BCUT2D eigenvalue weighted by Crippen LogP contribution is 2.38. The first kappa shape index (κ1) is 25.2. The highest BCUT2D eigenvalue weighted by atomic mass is 19.1. The number of halogens is 1. The minimum absolute atomic E-state index is 0.213. The number of aromatic hydroxyl groups is 1. The Morgan fingerprint density at radius 2 is 1.85 bits per heavy atom. The number of aliphatic hydroxyl groups excluding tert-OH is 1. The lowest BCUT2D eigenvalue weighted by Gasteiger charge is -2.40. The Morgan fingerprint density at radius 3 is 2.48 bits per heavy atom. The number of phenols is 1. The van der Waals surface area contributed by atoms with Crippen molar-refractivity contribution < 1.29 is 19.4 Å². The predicted molar refractivity (Wildman–Crippen MR) is 129 cm³/mol. The van der Waals surface area contributed by atoms with Crippen LogP contribution >= 0.6 is 0 Å². The summed E-state index contributed by atoms with van der Waals surface area (Å²) in [5.41, 5.74) is 2.93. The van der Waals surface area contributed by atoms with E-state index in [1.165, 1.54) is 36.6 Å². The lowest BCUT2D eigenvalue weighted by Crippen LogP contribution is -2.53. The van der Waals surface area contributed by atoms with Gasteiger partial charge in [-0.15, -0.1) is 0 Å². The molecule has 0 heterocycles. The Bertz CT molecular complexity index is 941. The quantitative estimate of drug-likeness (QED) is 0.447. The summed E-state index contributed by atoms with van der Waals surface area (Å²) in [6.07, 6.45) is 4.84. The predicted octanol–water partition coefficient (Wildman–Crippen LogP) is 4.51. The summed E-state index contributed by atoms with van der Waals surface area (Å²) in [5, 5.41) is 27.0. The maximum absolute atomic E-state index is 13.8. The van der Waals surface area contributed by atoms with Gasteiger partial charge in [0.15, 0.2) is 11.6 Å². The maximum atomic E-state index is 13.8. The number of nitrogens with one attached hydrogen (secondary N) is 2. The van der Waals surface area contributed by atoms with Gasteiger partial charge in [0.1, 0.15) is 0 Å². The second-order valence-corrected chi connectivity index (χ2v) is 9.67. The van der Waals surface area contributed by atoms with Crippen LogP contribution in [0.3, 0.4) is 0 Å². The van der Waals surface area contributed by atoms with Gasteiger partial charge in [-0.3, -0.25) is 4.79 Å². The number of amides is 1. The summed E-state index contributed by atoms with van der Waals surface area (Å²) in [5.74, 6) is -0.950. The van der Waals surface area contributed by atoms with E-state index in [0.29, 0.717) is 18.0 Å². The monoisotopic (exact) mass is 456 g/mol. The molecule has 0 aliphatic heterocycles. The number of hydrogen-bond donors (Lipinski definition) is 4. The second kappa shape index (κ2) is 11.1. The zero-order valence-corrected chi connectivity index (χ0v) is 19.9. The average molecular weight is 457 g/mol. The van der Waals surface area contributed by atoms with Crippen molar-refractivity contribution in [1.82, 2.24) is 10.6 Å². The molecule has 6 heteroatoms. The maximum Gasteiger partial charge on any atom is 0.217 e. The van der Waals surface area contributed by atoms with Gasteiger partial charge in [0.25, 0.3) is 0 Å². The molecule has 5 nitrogen and oxygen atoms in total. The number of hydrogen-bond acceptors (Lipinski definition) is 4. The Labute approximate surface area is 196 Å². The molecule has 1 saturated carbocycles. The van der Waals surface area contributed by atoms with Gasteiger partial charge in [-0.2, -0.15) is 0 Å². The van der Waals surface area contributed by atoms with E-state index in [2.05, 4.69) is 48.7 Å². The molecule has 2 aromatic carbocycles. The molecular weight excluding hydrogens is 419 g/mol. The summed E-state index contributed by atoms with van der Waals surface area (Å²) in [6.45, 7) is 6.09. The fourth-order valence-electron chi connectivity index (χ4n) is 4.84. The van der Waals surface area contributed by atoms with Crippen molar-refractivity contribution in [3.05, 3.63) is 65.0 Å². The first-order valence-electron chi connectivity index (χ1n) is 12.0. The van der Waals surface area contributed by atoms with E-state index in [4.69, 9.17) is 0 Å². The molecule has 0 radical (unpaired) electrons. The van der Waals surface area contributed by atoms with Gasteiger partial charge in [0.05, 0.1) is 12.1 Å². The van der Waals surface area contributed by atoms with Crippen molar-refractivity contribution in [3.8, 4) is 5.75 Å². The molecule has 0 spiro atoms. The van der Waals surface area contributed by atoms with Crippen molar-refractivity contribution in [3.63, 3.8) is 0 Å². The third-order valence-electron chi connectivity index (χ3n) is 6.78. The molecule has 1 amide bonds. The fourth-order valence-corrected chi connectivity index (χ4v) is 4.84. The molecule has 0 aromatic heterocycles. The molecule has 0 unspecified atom stereocenters. The molecule has 0 saturated heterocycles. The van der Waals surface area contributed by atoms with Gasteiger partial charge >= 0.3 is 0 Å². The molecule has 1 aliphatic rings. The van der Waals surface area contributed by atoms with E-state index in [1.807, 2.05) is 0 Å². The molecule has 2 aromatic rings. The van der Waals surface area contributed by atoms with Gasteiger partial charge in [-0.1, -0.05) is 63.4 Å². The van der Waals surface area contributed by atoms with Gasteiger partial charge in [-0.05, 0) is 54.0 Å². The molecule has 2 atom stereocenters. The summed E-state index contributed by atoms with van der Waals surface area (Å²) in [6, 6.07) is 12.3. The Morgan fingerprint density at radius 1 is 1.12 bits per heavy atom. The van der Waals surface area contributed by atoms with Crippen molar-refractivity contribution in [2.75, 3.05) is 6.54 Å². The van der Waals surface area contributed by atoms with E-state index in [1.54, 1.807) is 6.07 Å². The summed E-state index contributed by atoms with van der Waals surface area (Å²) < 4.78 is 13.8. The van der Waals surface area contributed by atoms with E-state index >= 15 is 0 Å². The lowest BCUT2D eigenvalue weighted by atomic mass is 9.75. The Balaban J connectivity index is 1.78. The van der Waals surface area contributed by atoms with E-state index in [-0.39, 0.29) is 17.9 Å². The van der Waals surface area contributed by atoms with E-state index < -0.39 is 23.7 Å². The molecule has 0 bridgehead atoms. The molecule has 4 N–H and O–H groups in total. The van der Waals surface area contributed by atoms with Crippen molar-refractivity contribution >= 4 is 5.91 Å². The minimum Gasteiger partial charge on any atom is -0.505 e. The topological polar surface area (TPSA) is 81.6 Å². The second-order valence-electron chi connectivity index (χ2n) is 9.67. The number of aliphatic hydroxyl groups is 1. The average Bonchev–Trinajstić information content (AvgIpc) is 2.80. The van der Waals surface area contributed by atoms with Crippen LogP contribution in [0.5, 0.6) is 5.75 Å². The van der Waals surface area contributed by atoms with E-state index in [0.717, 1.165) is 25.7 Å². The van der Waals surface area contributed by atoms with Crippen LogP contribution < -0.4 is 10.6 Å². The van der Waals surface area contributed by atoms with E-state index in [9.17, 15) is 19.4 Å². The number of benzene rings is 2. The van der Waals surface area contributed by atoms with Crippen LogP contribution in [0.15, 0.2) is 42.5 Å². The largest absolute Gasteiger partial charge is 0.505 e. The highest BCUT2D eigenvalue weighted by molar-refractivity contribution is 5.73. The molecule has 1 fully saturated rings. The van der Waals surface area contributed by atoms with Gasteiger partial charge < -0.3 is 20.8 Å². The standard InChI is InChI=1S/C27H37FN2O3/c1-18(2)21-8-7-9-22(16-21)27(12-5-4-6-13-27)29-17-26(33)24(30-19(3)31)15-20-10-11-25(32)23(28)14-20/h7-11,14,16,18,24,26,29,32-33H,4-6,12-13,15,17H2,1-3H3,(H,30,31)/t24-,26-/m0/s1. The first-order valence-corrected chi connectivity index (χ1v) is 12.0. The summed E-state index contributed by atoms with van der Waals surface area (Å²) >= 11 is 0. The smallest absolute Gasteiger partial charge is 0.217 e. The number of carbonyl (C=O) groups excluding carboxylic acids is 1. The molecule has 3 rings (SSSR count). The van der Waals surface area contributed by atoms with Crippen LogP contribution in [0.1, 0.15) is 75.5 Å². The Kier molecular flexibility index (Phi) is 8.49. The number of rotatable bonds is 9. The summed E-state index contributed by atoms with van der Waals surface area (Å²) in [4.78, 5) is 11.8. The zero-order valence-electron chi connectivity index (χ0n) is 19.9. The van der Waals surface area contributed by atoms with Crippen LogP contribution in [0, 0.1) is 5.82 Å². The lowest BCUT2D eigenvalue weighted by molar-refractivity contribution is -0.120. The molecule has 180 valence electrons. The van der Waals surface area contributed by atoms with Crippen molar-refractivity contribution in [2.45, 2.75) is 82.9 Å². The SMILES string of the molecule is CC(=O)N[C@@H](Cc1ccc(O)c(F)c1)[C@@H](O)CNC1(c2cccc(C(C)C)c2)CCCCC1. The molecular formula is C27H37FN2O3. The third-order valence-corrected chi connectivity index (χ3v) is 6.78. The number of carbonyl (C=O) groups is 1. The van der Waals surface area contributed by atoms with Crippen LogP contribution in [0.2, 0.25) is 0 Å². The van der Waals surface area contributed by atoms with Crippen LogP contribution in [0.25, 0.3) is 0 Å². The normalized spacial score (nSPS) is 17.5. The van der Waals surface area contributed by atoms with Crippen molar-refractivity contribution in [2.24, 2.45) is 0 Å².